The number of carbonyl (C=O) groups excluding carboxylic acids is 1. The lowest BCUT2D eigenvalue weighted by Gasteiger charge is -2.09. The van der Waals surface area contributed by atoms with Gasteiger partial charge in [0.15, 0.2) is 0 Å². The van der Waals surface area contributed by atoms with Crippen molar-refractivity contribution in [1.82, 2.24) is 13.6 Å². The lowest BCUT2D eigenvalue weighted by molar-refractivity contribution is -0.121. The number of amides is 1. The van der Waals surface area contributed by atoms with Gasteiger partial charge in [-0.25, -0.2) is 0 Å². The molecule has 2 heterocycles. The van der Waals surface area contributed by atoms with E-state index in [2.05, 4.69) is 24.7 Å². The quantitative estimate of drug-likeness (QED) is 0.582. The molecule has 0 N–H and O–H groups in total. The summed E-state index contributed by atoms with van der Waals surface area (Å²) >= 11 is 11.1. The molecular weight excluding hydrogens is 378 g/mol. The Hall–Kier alpha value is -0.830. The molecule has 0 aliphatic carbocycles. The van der Waals surface area contributed by atoms with Crippen molar-refractivity contribution in [3.8, 4) is 0 Å². The van der Waals surface area contributed by atoms with Crippen LogP contribution in [0.4, 0.5) is 0 Å². The van der Waals surface area contributed by atoms with Gasteiger partial charge in [-0.05, 0) is 35.0 Å². The van der Waals surface area contributed by atoms with E-state index >= 15 is 0 Å². The van der Waals surface area contributed by atoms with Crippen molar-refractivity contribution >= 4 is 79.0 Å². The van der Waals surface area contributed by atoms with Crippen molar-refractivity contribution in [1.29, 1.82) is 0 Å². The van der Waals surface area contributed by atoms with E-state index < -0.39 is 0 Å². The van der Waals surface area contributed by atoms with Gasteiger partial charge >= 0.3 is 0 Å². The molecule has 1 aliphatic heterocycles. The van der Waals surface area contributed by atoms with Gasteiger partial charge in [-0.3, -0.25) is 9.69 Å². The minimum atomic E-state index is -0.0400. The Kier molecular flexibility index (Phi) is 3.89. The van der Waals surface area contributed by atoms with Crippen molar-refractivity contribution in [3.63, 3.8) is 0 Å². The molecule has 1 amide bonds. The molecule has 0 radical (unpaired) electrons. The molecule has 4 nitrogen and oxygen atoms in total. The van der Waals surface area contributed by atoms with Crippen LogP contribution >= 0.6 is 51.6 Å². The third-order valence-corrected chi connectivity index (χ3v) is 5.42. The van der Waals surface area contributed by atoms with E-state index in [0.29, 0.717) is 15.8 Å². The Labute approximate surface area is 137 Å². The van der Waals surface area contributed by atoms with Gasteiger partial charge in [0.1, 0.15) is 15.4 Å². The Balaban J connectivity index is 2.07. The predicted molar refractivity (Wildman–Crippen MR) is 90.7 cm³/mol. The van der Waals surface area contributed by atoms with E-state index in [1.54, 1.807) is 4.90 Å². The van der Waals surface area contributed by atoms with E-state index in [1.807, 2.05) is 25.1 Å². The average molecular weight is 386 g/mol. The van der Waals surface area contributed by atoms with Gasteiger partial charge in [-0.1, -0.05) is 30.0 Å². The van der Waals surface area contributed by atoms with Crippen molar-refractivity contribution < 1.29 is 4.79 Å². The third kappa shape index (κ3) is 2.30. The first kappa shape index (κ1) is 14.1. The molecule has 0 spiro atoms. The van der Waals surface area contributed by atoms with Gasteiger partial charge in [0, 0.05) is 16.6 Å². The van der Waals surface area contributed by atoms with Gasteiger partial charge in [0.05, 0.1) is 16.6 Å². The second-order valence-corrected chi connectivity index (χ2v) is 7.08. The molecule has 0 saturated carbocycles. The Bertz CT molecular complexity index is 755. The van der Waals surface area contributed by atoms with Crippen molar-refractivity contribution in [2.75, 3.05) is 6.54 Å². The Morgan fingerprint density at radius 2 is 2.15 bits per heavy atom. The minimum absolute atomic E-state index is 0.0400. The zero-order valence-corrected chi connectivity index (χ0v) is 14.3. The van der Waals surface area contributed by atoms with Gasteiger partial charge in [0.25, 0.3) is 5.91 Å². The maximum absolute atomic E-state index is 12.2. The smallest absolute Gasteiger partial charge is 0.266 e. The van der Waals surface area contributed by atoms with Crippen LogP contribution in [0.1, 0.15) is 12.5 Å². The highest BCUT2D eigenvalue weighted by molar-refractivity contribution is 9.10. The molecule has 1 aromatic carbocycles. The van der Waals surface area contributed by atoms with Crippen LogP contribution in [0.5, 0.6) is 0 Å². The number of fused-ring (bicyclic) bond motifs is 1. The largest absolute Gasteiger partial charge is 0.293 e. The molecule has 0 bridgehead atoms. The molecule has 0 unspecified atom stereocenters. The van der Waals surface area contributed by atoms with Crippen LogP contribution < -0.4 is 0 Å². The van der Waals surface area contributed by atoms with Crippen LogP contribution in [0.2, 0.25) is 0 Å². The molecule has 0 atom stereocenters. The highest BCUT2D eigenvalue weighted by Gasteiger charge is 2.30. The van der Waals surface area contributed by atoms with Gasteiger partial charge in [-0.2, -0.15) is 8.75 Å². The second kappa shape index (κ2) is 5.51. The van der Waals surface area contributed by atoms with Crippen molar-refractivity contribution in [2.24, 2.45) is 0 Å². The van der Waals surface area contributed by atoms with Crippen molar-refractivity contribution in [3.05, 3.63) is 27.1 Å². The van der Waals surface area contributed by atoms with E-state index in [9.17, 15) is 4.79 Å². The lowest BCUT2D eigenvalue weighted by Crippen LogP contribution is -2.27. The molecule has 20 heavy (non-hydrogen) atoms. The highest BCUT2D eigenvalue weighted by atomic mass is 79.9. The molecule has 1 aromatic heterocycles. The first-order valence-corrected chi connectivity index (χ1v) is 8.52. The van der Waals surface area contributed by atoms with Gasteiger partial charge in [-0.15, -0.1) is 0 Å². The number of halogens is 1. The summed E-state index contributed by atoms with van der Waals surface area (Å²) in [5.74, 6) is -0.0400. The monoisotopic (exact) mass is 385 g/mol. The van der Waals surface area contributed by atoms with Crippen LogP contribution in [-0.4, -0.2) is 30.4 Å². The summed E-state index contributed by atoms with van der Waals surface area (Å²) in [5.41, 5.74) is 2.49. The van der Waals surface area contributed by atoms with E-state index in [-0.39, 0.29) is 5.91 Å². The van der Waals surface area contributed by atoms with E-state index in [1.165, 1.54) is 11.8 Å². The molecule has 1 fully saturated rings. The average Bonchev–Trinajstić information content (AvgIpc) is 3.00. The fourth-order valence-electron chi connectivity index (χ4n) is 1.89. The number of thiocarbonyl (C=S) groups is 1. The SMILES string of the molecule is CCN1C(=O)/C(=C\c2ccc(Br)c3nsnc23)SC1=S. The normalized spacial score (nSPS) is 17.7. The van der Waals surface area contributed by atoms with E-state index in [4.69, 9.17) is 12.2 Å². The summed E-state index contributed by atoms with van der Waals surface area (Å²) in [5, 5.41) is 0. The number of rotatable bonds is 2. The molecule has 3 rings (SSSR count). The number of aromatic nitrogens is 2. The first-order chi connectivity index (χ1) is 9.61. The fraction of sp³-hybridized carbons (Fsp3) is 0.167. The molecule has 8 heteroatoms. The minimum Gasteiger partial charge on any atom is -0.293 e. The lowest BCUT2D eigenvalue weighted by atomic mass is 10.1. The number of nitrogens with zero attached hydrogens (tertiary/aromatic N) is 3. The van der Waals surface area contributed by atoms with Gasteiger partial charge in [0.2, 0.25) is 0 Å². The number of benzene rings is 1. The van der Waals surface area contributed by atoms with Crippen LogP contribution in [0.15, 0.2) is 21.5 Å². The number of hydrogen-bond acceptors (Lipinski definition) is 6. The molecule has 1 saturated heterocycles. The first-order valence-electron chi connectivity index (χ1n) is 5.78. The summed E-state index contributed by atoms with van der Waals surface area (Å²) in [6, 6.07) is 3.84. The predicted octanol–water partition coefficient (Wildman–Crippen LogP) is 3.67. The van der Waals surface area contributed by atoms with E-state index in [0.717, 1.165) is 32.8 Å². The fourth-order valence-corrected chi connectivity index (χ4v) is 4.37. The molecular formula is C12H8BrN3OS3. The van der Waals surface area contributed by atoms with Gasteiger partial charge < -0.3 is 0 Å². The summed E-state index contributed by atoms with van der Waals surface area (Å²) in [6.45, 7) is 2.51. The number of likely N-dealkylation sites (N-methyl/N-ethyl adjacent to an activating group) is 1. The van der Waals surface area contributed by atoms with Crippen LogP contribution in [0, 0.1) is 0 Å². The second-order valence-electron chi connectivity index (χ2n) is 4.02. The molecule has 2 aromatic rings. The zero-order chi connectivity index (χ0) is 14.3. The summed E-state index contributed by atoms with van der Waals surface area (Å²) in [4.78, 5) is 14.4. The molecule has 102 valence electrons. The highest BCUT2D eigenvalue weighted by Crippen LogP contribution is 2.34. The zero-order valence-electron chi connectivity index (χ0n) is 10.3. The maximum atomic E-state index is 12.2. The summed E-state index contributed by atoms with van der Waals surface area (Å²) in [7, 11) is 0. The third-order valence-electron chi connectivity index (χ3n) is 2.87. The maximum Gasteiger partial charge on any atom is 0.266 e. The van der Waals surface area contributed by atoms with Crippen LogP contribution in [-0.2, 0) is 4.79 Å². The standard InChI is InChI=1S/C12H8BrN3OS3/c1-2-16-11(17)8(19-12(16)18)5-6-3-4-7(13)10-9(6)14-20-15-10/h3-5H,2H2,1H3/b8-5+. The summed E-state index contributed by atoms with van der Waals surface area (Å²) in [6.07, 6.45) is 1.84. The Morgan fingerprint density at radius 1 is 1.40 bits per heavy atom. The van der Waals surface area contributed by atoms with Crippen molar-refractivity contribution in [2.45, 2.75) is 6.92 Å². The topological polar surface area (TPSA) is 46.1 Å². The van der Waals surface area contributed by atoms with Crippen LogP contribution in [0.25, 0.3) is 17.1 Å². The Morgan fingerprint density at radius 3 is 2.85 bits per heavy atom. The van der Waals surface area contributed by atoms with Crippen LogP contribution in [0.3, 0.4) is 0 Å². The molecule has 1 aliphatic rings. The number of hydrogen-bond donors (Lipinski definition) is 0. The number of carbonyl (C=O) groups is 1. The number of thioether (sulfide) groups is 1. The summed E-state index contributed by atoms with van der Waals surface area (Å²) < 4.78 is 10.0.